The number of hydrogen-bond acceptors (Lipinski definition) is 7. The minimum atomic E-state index is -2.68. The molecule has 0 unspecified atom stereocenters. The number of pyridine rings is 1. The summed E-state index contributed by atoms with van der Waals surface area (Å²) in [6.07, 6.45) is 3.24. The molecule has 4 aromatic rings. The lowest BCUT2D eigenvalue weighted by atomic mass is 10.1. The van der Waals surface area contributed by atoms with Gasteiger partial charge in [0.25, 0.3) is 0 Å². The number of rotatable bonds is 6. The van der Waals surface area contributed by atoms with Crippen molar-refractivity contribution in [1.29, 1.82) is 0 Å². The van der Waals surface area contributed by atoms with E-state index in [1.807, 2.05) is 43.3 Å². The molecule has 0 saturated carbocycles. The highest BCUT2D eigenvalue weighted by atomic mass is 79.9. The van der Waals surface area contributed by atoms with Crippen molar-refractivity contribution >= 4 is 62.4 Å². The molecular weight excluding hydrogens is 501 g/mol. The number of methoxy groups -OCH3 is 1. The summed E-state index contributed by atoms with van der Waals surface area (Å²) >= 11 is 3.57. The second-order valence-electron chi connectivity index (χ2n) is 8.15. The van der Waals surface area contributed by atoms with Crippen molar-refractivity contribution < 1.29 is 9.30 Å². The fourth-order valence-electron chi connectivity index (χ4n) is 3.59. The van der Waals surface area contributed by atoms with Gasteiger partial charge in [0, 0.05) is 12.4 Å². The molecule has 0 aliphatic rings. The molecule has 0 aliphatic carbocycles. The first-order valence-corrected chi connectivity index (χ1v) is 13.7. The van der Waals surface area contributed by atoms with Crippen LogP contribution in [0, 0.1) is 13.8 Å². The number of aromatic nitrogens is 3. The molecule has 2 N–H and O–H groups in total. The van der Waals surface area contributed by atoms with E-state index >= 15 is 0 Å². The van der Waals surface area contributed by atoms with Crippen LogP contribution in [0.25, 0.3) is 11.0 Å². The van der Waals surface area contributed by atoms with E-state index in [-0.39, 0.29) is 0 Å². The molecule has 0 bridgehead atoms. The summed E-state index contributed by atoms with van der Waals surface area (Å²) in [6, 6.07) is 11.5. The van der Waals surface area contributed by atoms with E-state index in [0.29, 0.717) is 33.7 Å². The molecule has 4 rings (SSSR count). The quantitative estimate of drug-likeness (QED) is 0.292. The van der Waals surface area contributed by atoms with Crippen molar-refractivity contribution in [2.45, 2.75) is 13.8 Å². The van der Waals surface area contributed by atoms with Gasteiger partial charge in [-0.3, -0.25) is 9.97 Å². The van der Waals surface area contributed by atoms with Crippen molar-refractivity contribution in [2.24, 2.45) is 0 Å². The van der Waals surface area contributed by atoms with Crippen molar-refractivity contribution in [3.05, 3.63) is 64.4 Å². The summed E-state index contributed by atoms with van der Waals surface area (Å²) in [7, 11) is -1.03. The lowest BCUT2D eigenvalue weighted by Gasteiger charge is -2.18. The highest BCUT2D eigenvalue weighted by Gasteiger charge is 2.22. The molecule has 0 aliphatic heterocycles. The third kappa shape index (κ3) is 4.87. The lowest BCUT2D eigenvalue weighted by molar-refractivity contribution is 0.416. The number of ether oxygens (including phenoxy) is 1. The summed E-state index contributed by atoms with van der Waals surface area (Å²) in [5.41, 5.74) is 5.14. The van der Waals surface area contributed by atoms with Crippen LogP contribution in [0.2, 0.25) is 0 Å². The maximum Gasteiger partial charge on any atom is 0.147 e. The molecule has 2 aromatic heterocycles. The van der Waals surface area contributed by atoms with E-state index in [1.54, 1.807) is 32.8 Å². The Balaban J connectivity index is 1.74. The van der Waals surface area contributed by atoms with Gasteiger partial charge >= 0.3 is 0 Å². The van der Waals surface area contributed by atoms with Crippen molar-refractivity contribution in [3.8, 4) is 5.75 Å². The standard InChI is InChI=1S/C24H25BrN5O2P/c1-14-12-19(20(32-3)13-15(14)2)28-21-9-6-16(25)24(30-21)29-18-8-7-17-22(27-11-10-26-17)23(18)33(4,5)31/h6-13H,1-5H3,(H2,28,29,30). The van der Waals surface area contributed by atoms with Crippen LogP contribution in [0.1, 0.15) is 11.1 Å². The molecule has 0 spiro atoms. The lowest BCUT2D eigenvalue weighted by Crippen LogP contribution is -2.13. The predicted octanol–water partition coefficient (Wildman–Crippen LogP) is 6.15. The average molecular weight is 526 g/mol. The van der Waals surface area contributed by atoms with Gasteiger partial charge in [-0.05, 0) is 90.6 Å². The Morgan fingerprint density at radius 3 is 2.39 bits per heavy atom. The molecule has 0 fully saturated rings. The van der Waals surface area contributed by atoms with E-state index in [2.05, 4.69) is 43.5 Å². The van der Waals surface area contributed by atoms with Crippen LogP contribution in [0.3, 0.4) is 0 Å². The van der Waals surface area contributed by atoms with Crippen LogP contribution in [0.4, 0.5) is 23.0 Å². The fourth-order valence-corrected chi connectivity index (χ4v) is 5.30. The SMILES string of the molecule is COc1cc(C)c(C)cc1Nc1ccc(Br)c(Nc2ccc3nccnc3c2P(C)(C)=O)n1. The maximum absolute atomic E-state index is 13.2. The van der Waals surface area contributed by atoms with E-state index in [9.17, 15) is 4.57 Å². The van der Waals surface area contributed by atoms with Crippen molar-refractivity contribution in [3.63, 3.8) is 0 Å². The Bertz CT molecular complexity index is 1400. The van der Waals surface area contributed by atoms with Crippen molar-refractivity contribution in [1.82, 2.24) is 15.0 Å². The zero-order chi connectivity index (χ0) is 23.8. The molecule has 2 aromatic carbocycles. The topological polar surface area (TPSA) is 89.0 Å². The predicted molar refractivity (Wildman–Crippen MR) is 140 cm³/mol. The van der Waals surface area contributed by atoms with Gasteiger partial charge in [-0.2, -0.15) is 0 Å². The van der Waals surface area contributed by atoms with Gasteiger partial charge in [-0.15, -0.1) is 0 Å². The molecule has 7 nitrogen and oxygen atoms in total. The Kier molecular flexibility index (Phi) is 6.41. The van der Waals surface area contributed by atoms with Crippen LogP contribution >= 0.6 is 23.1 Å². The van der Waals surface area contributed by atoms with Crippen LogP contribution in [0.5, 0.6) is 5.75 Å². The molecule has 170 valence electrons. The smallest absolute Gasteiger partial charge is 0.147 e. The highest BCUT2D eigenvalue weighted by Crippen LogP contribution is 2.41. The number of anilines is 4. The van der Waals surface area contributed by atoms with Crippen LogP contribution in [0.15, 0.2) is 53.3 Å². The minimum absolute atomic E-state index is 0.584. The number of nitrogens with one attached hydrogen (secondary N) is 2. The van der Waals surface area contributed by atoms with E-state index < -0.39 is 7.14 Å². The molecule has 33 heavy (non-hydrogen) atoms. The molecule has 0 radical (unpaired) electrons. The minimum Gasteiger partial charge on any atom is -0.495 e. The Labute approximate surface area is 201 Å². The first-order chi connectivity index (χ1) is 15.7. The second-order valence-corrected chi connectivity index (χ2v) is 12.2. The van der Waals surface area contributed by atoms with E-state index in [0.717, 1.165) is 27.0 Å². The summed E-state index contributed by atoms with van der Waals surface area (Å²) < 4.78 is 19.5. The van der Waals surface area contributed by atoms with Gasteiger partial charge in [0.2, 0.25) is 0 Å². The molecule has 2 heterocycles. The zero-order valence-electron chi connectivity index (χ0n) is 19.1. The van der Waals surface area contributed by atoms with Crippen molar-refractivity contribution in [2.75, 3.05) is 31.1 Å². The number of halogens is 1. The third-order valence-electron chi connectivity index (χ3n) is 5.33. The summed E-state index contributed by atoms with van der Waals surface area (Å²) in [4.78, 5) is 13.5. The Hall–Kier alpha value is -2.96. The second kappa shape index (κ2) is 9.12. The van der Waals surface area contributed by atoms with Crippen LogP contribution < -0.4 is 20.7 Å². The van der Waals surface area contributed by atoms with Gasteiger partial charge in [0.05, 0.1) is 33.8 Å². The zero-order valence-corrected chi connectivity index (χ0v) is 21.6. The largest absolute Gasteiger partial charge is 0.495 e. The number of hydrogen-bond donors (Lipinski definition) is 2. The van der Waals surface area contributed by atoms with E-state index in [1.165, 1.54) is 0 Å². The van der Waals surface area contributed by atoms with Gasteiger partial charge in [0.1, 0.15) is 30.0 Å². The summed E-state index contributed by atoms with van der Waals surface area (Å²) in [5.74, 6) is 1.96. The molecular formula is C24H25BrN5O2P. The maximum atomic E-state index is 13.2. The Morgan fingerprint density at radius 1 is 0.939 bits per heavy atom. The number of nitrogens with zero attached hydrogens (tertiary/aromatic N) is 3. The first-order valence-electron chi connectivity index (χ1n) is 10.3. The molecule has 0 saturated heterocycles. The normalized spacial score (nSPS) is 11.5. The number of aryl methyl sites for hydroxylation is 2. The van der Waals surface area contributed by atoms with E-state index in [4.69, 9.17) is 9.72 Å². The monoisotopic (exact) mass is 525 g/mol. The molecule has 9 heteroatoms. The average Bonchev–Trinajstić information content (AvgIpc) is 2.77. The van der Waals surface area contributed by atoms with Gasteiger partial charge in [-0.1, -0.05) is 0 Å². The molecule has 0 amide bonds. The molecule has 0 atom stereocenters. The Morgan fingerprint density at radius 2 is 1.67 bits per heavy atom. The summed E-state index contributed by atoms with van der Waals surface area (Å²) in [5, 5.41) is 7.34. The third-order valence-corrected chi connectivity index (χ3v) is 7.50. The summed E-state index contributed by atoms with van der Waals surface area (Å²) in [6.45, 7) is 7.56. The fraction of sp³-hybridized carbons (Fsp3) is 0.208. The number of fused-ring (bicyclic) bond motifs is 1. The van der Waals surface area contributed by atoms with Crippen LogP contribution in [-0.4, -0.2) is 35.4 Å². The van der Waals surface area contributed by atoms with Gasteiger partial charge in [0.15, 0.2) is 0 Å². The van der Waals surface area contributed by atoms with Gasteiger partial charge in [-0.25, -0.2) is 4.98 Å². The van der Waals surface area contributed by atoms with Gasteiger partial charge < -0.3 is 19.9 Å². The highest BCUT2D eigenvalue weighted by molar-refractivity contribution is 9.10. The first kappa shape index (κ1) is 23.2. The van der Waals surface area contributed by atoms with Crippen LogP contribution in [-0.2, 0) is 4.57 Å². The number of benzene rings is 2.